The van der Waals surface area contributed by atoms with Gasteiger partial charge in [0.05, 0.1) is 3.79 Å². The second kappa shape index (κ2) is 6.63. The highest BCUT2D eigenvalue weighted by molar-refractivity contribution is 9.11. The zero-order valence-electron chi connectivity index (χ0n) is 11.9. The highest BCUT2D eigenvalue weighted by Crippen LogP contribution is 2.28. The van der Waals surface area contributed by atoms with Crippen LogP contribution in [-0.2, 0) is 21.4 Å². The Morgan fingerprint density at radius 2 is 2.00 bits per heavy atom. The van der Waals surface area contributed by atoms with Crippen molar-refractivity contribution in [3.05, 3.63) is 22.2 Å². The monoisotopic (exact) mass is 420 g/mol. The van der Waals surface area contributed by atoms with E-state index in [0.717, 1.165) is 3.79 Å². The molecule has 1 fully saturated rings. The van der Waals surface area contributed by atoms with E-state index in [2.05, 4.69) is 31.5 Å². The van der Waals surface area contributed by atoms with Gasteiger partial charge in [-0.2, -0.15) is 4.31 Å². The molecule has 0 bridgehead atoms. The summed E-state index contributed by atoms with van der Waals surface area (Å²) in [6.07, 6.45) is 1.37. The molecule has 3 heterocycles. The van der Waals surface area contributed by atoms with Crippen molar-refractivity contribution in [1.82, 2.24) is 29.4 Å². The average Bonchev–Trinajstić information content (AvgIpc) is 3.19. The van der Waals surface area contributed by atoms with E-state index in [4.69, 9.17) is 0 Å². The molecule has 23 heavy (non-hydrogen) atoms. The zero-order valence-corrected chi connectivity index (χ0v) is 15.1. The number of tetrazole rings is 1. The van der Waals surface area contributed by atoms with Crippen LogP contribution in [0.5, 0.6) is 0 Å². The van der Waals surface area contributed by atoms with Gasteiger partial charge in [-0.15, -0.1) is 16.4 Å². The summed E-state index contributed by atoms with van der Waals surface area (Å²) in [6, 6.07) is 3.29. The fourth-order valence-electron chi connectivity index (χ4n) is 2.23. The van der Waals surface area contributed by atoms with Gasteiger partial charge >= 0.3 is 0 Å². The molecule has 0 aromatic carbocycles. The summed E-state index contributed by atoms with van der Waals surface area (Å²) in [6.45, 7) is 1.31. The number of sulfonamides is 1. The van der Waals surface area contributed by atoms with Crippen molar-refractivity contribution >= 4 is 43.2 Å². The molecule has 0 aliphatic carbocycles. The molecule has 2 aromatic heterocycles. The molecule has 2 aromatic rings. The van der Waals surface area contributed by atoms with Crippen molar-refractivity contribution in [1.29, 1.82) is 0 Å². The molecule has 0 spiro atoms. The first-order valence-electron chi connectivity index (χ1n) is 6.71. The van der Waals surface area contributed by atoms with E-state index in [9.17, 15) is 13.2 Å². The first kappa shape index (κ1) is 16.5. The summed E-state index contributed by atoms with van der Waals surface area (Å²) in [7, 11) is -3.49. The molecule has 3 rings (SSSR count). The van der Waals surface area contributed by atoms with E-state index < -0.39 is 10.0 Å². The maximum atomic E-state index is 12.5. The van der Waals surface area contributed by atoms with E-state index in [1.165, 1.54) is 26.7 Å². The van der Waals surface area contributed by atoms with Gasteiger partial charge in [-0.1, -0.05) is 0 Å². The summed E-state index contributed by atoms with van der Waals surface area (Å²) in [5.74, 6) is -0.131. The van der Waals surface area contributed by atoms with E-state index >= 15 is 0 Å². The number of hydrogen-bond donors (Lipinski definition) is 0. The smallest absolute Gasteiger partial charge is 0.252 e. The Kier molecular flexibility index (Phi) is 4.75. The van der Waals surface area contributed by atoms with Crippen molar-refractivity contribution in [2.75, 3.05) is 26.2 Å². The van der Waals surface area contributed by atoms with Crippen LogP contribution in [0.25, 0.3) is 0 Å². The van der Waals surface area contributed by atoms with Gasteiger partial charge in [-0.25, -0.2) is 13.1 Å². The Morgan fingerprint density at radius 3 is 2.57 bits per heavy atom. The molecule has 1 amide bonds. The molecule has 124 valence electrons. The van der Waals surface area contributed by atoms with Gasteiger partial charge in [-0.3, -0.25) is 4.79 Å². The molecule has 1 aliphatic rings. The molecular weight excluding hydrogens is 408 g/mol. The number of halogens is 1. The third-order valence-electron chi connectivity index (χ3n) is 3.42. The Morgan fingerprint density at radius 1 is 1.26 bits per heavy atom. The van der Waals surface area contributed by atoms with E-state index in [-0.39, 0.29) is 25.5 Å². The van der Waals surface area contributed by atoms with Crippen molar-refractivity contribution in [3.8, 4) is 0 Å². The number of carbonyl (C=O) groups excluding carboxylic acids is 1. The summed E-state index contributed by atoms with van der Waals surface area (Å²) >= 11 is 4.45. The lowest BCUT2D eigenvalue weighted by molar-refractivity contribution is -0.133. The lowest BCUT2D eigenvalue weighted by atomic mass is 10.3. The summed E-state index contributed by atoms with van der Waals surface area (Å²) < 4.78 is 28.9. The van der Waals surface area contributed by atoms with Crippen LogP contribution in [0.15, 0.2) is 26.5 Å². The number of piperazine rings is 1. The van der Waals surface area contributed by atoms with Gasteiger partial charge in [0.2, 0.25) is 5.91 Å². The lowest BCUT2D eigenvalue weighted by Gasteiger charge is -2.33. The Labute approximate surface area is 145 Å². The van der Waals surface area contributed by atoms with Gasteiger partial charge in [0.1, 0.15) is 17.1 Å². The third kappa shape index (κ3) is 3.59. The van der Waals surface area contributed by atoms with Gasteiger partial charge in [-0.05, 0) is 38.5 Å². The summed E-state index contributed by atoms with van der Waals surface area (Å²) in [5.41, 5.74) is 0. The number of thiophene rings is 1. The predicted molar refractivity (Wildman–Crippen MR) is 85.2 cm³/mol. The first-order chi connectivity index (χ1) is 11.0. The molecule has 0 saturated carbocycles. The summed E-state index contributed by atoms with van der Waals surface area (Å²) in [5, 5.41) is 10.6. The molecule has 9 nitrogen and oxygen atoms in total. The van der Waals surface area contributed by atoms with Crippen LogP contribution in [0.1, 0.15) is 0 Å². The maximum absolute atomic E-state index is 12.5. The second-order valence-corrected chi connectivity index (χ2v) is 9.48. The number of carbonyl (C=O) groups is 1. The van der Waals surface area contributed by atoms with Gasteiger partial charge in [0, 0.05) is 26.2 Å². The van der Waals surface area contributed by atoms with Crippen LogP contribution >= 0.6 is 27.3 Å². The van der Waals surface area contributed by atoms with Crippen LogP contribution in [0.2, 0.25) is 0 Å². The number of rotatable bonds is 4. The van der Waals surface area contributed by atoms with Crippen molar-refractivity contribution in [2.45, 2.75) is 10.8 Å². The minimum atomic E-state index is -3.49. The highest BCUT2D eigenvalue weighted by atomic mass is 79.9. The van der Waals surface area contributed by atoms with Gasteiger partial charge < -0.3 is 4.90 Å². The average molecular weight is 421 g/mol. The van der Waals surface area contributed by atoms with E-state index in [0.29, 0.717) is 17.3 Å². The van der Waals surface area contributed by atoms with Crippen LogP contribution in [0, 0.1) is 0 Å². The number of nitrogens with zero attached hydrogens (tertiary/aromatic N) is 6. The Balaban J connectivity index is 1.61. The van der Waals surface area contributed by atoms with Crippen LogP contribution in [0.4, 0.5) is 0 Å². The molecule has 0 N–H and O–H groups in total. The molecule has 0 radical (unpaired) electrons. The fraction of sp³-hybridized carbons (Fsp3) is 0.455. The third-order valence-corrected chi connectivity index (χ3v) is 7.41. The Hall–Kier alpha value is -1.37. The van der Waals surface area contributed by atoms with Crippen molar-refractivity contribution < 1.29 is 13.2 Å². The van der Waals surface area contributed by atoms with Gasteiger partial charge in [0.15, 0.2) is 0 Å². The van der Waals surface area contributed by atoms with Crippen molar-refractivity contribution in [3.63, 3.8) is 0 Å². The fourth-order valence-corrected chi connectivity index (χ4v) is 5.82. The van der Waals surface area contributed by atoms with E-state index in [1.54, 1.807) is 17.0 Å². The molecule has 0 unspecified atom stereocenters. The van der Waals surface area contributed by atoms with Crippen LogP contribution in [0.3, 0.4) is 0 Å². The first-order valence-corrected chi connectivity index (χ1v) is 9.76. The largest absolute Gasteiger partial charge is 0.338 e. The lowest BCUT2D eigenvalue weighted by Crippen LogP contribution is -2.51. The van der Waals surface area contributed by atoms with Crippen LogP contribution in [-0.4, -0.2) is 69.9 Å². The zero-order chi connectivity index (χ0) is 16.4. The van der Waals surface area contributed by atoms with Gasteiger partial charge in [0.25, 0.3) is 10.0 Å². The molecular formula is C11H13BrN6O3S2. The molecule has 0 atom stereocenters. The molecule has 12 heteroatoms. The normalized spacial score (nSPS) is 16.7. The predicted octanol–water partition coefficient (Wildman–Crippen LogP) is 0.0302. The van der Waals surface area contributed by atoms with E-state index in [1.807, 2.05) is 0 Å². The maximum Gasteiger partial charge on any atom is 0.252 e. The minimum absolute atomic E-state index is 0.0532. The highest BCUT2D eigenvalue weighted by Gasteiger charge is 2.31. The molecule has 1 saturated heterocycles. The van der Waals surface area contributed by atoms with Crippen LogP contribution < -0.4 is 0 Å². The number of amides is 1. The standard InChI is InChI=1S/C11H13BrN6O3S2/c12-9-1-2-11(22-9)23(20,21)18-5-3-16(4-6-18)10(19)7-17-8-13-14-15-17/h1-2,8H,3-7H2. The SMILES string of the molecule is O=C(Cn1cnnn1)N1CCN(S(=O)(=O)c2ccc(Br)s2)CC1. The Bertz CT molecular complexity index is 783. The quantitative estimate of drug-likeness (QED) is 0.691. The van der Waals surface area contributed by atoms with Crippen molar-refractivity contribution in [2.24, 2.45) is 0 Å². The number of hydrogen-bond acceptors (Lipinski definition) is 7. The minimum Gasteiger partial charge on any atom is -0.338 e. The molecule has 1 aliphatic heterocycles. The number of aromatic nitrogens is 4. The topological polar surface area (TPSA) is 101 Å². The second-order valence-electron chi connectivity index (χ2n) is 4.85. The summed E-state index contributed by atoms with van der Waals surface area (Å²) in [4.78, 5) is 13.8.